The lowest BCUT2D eigenvalue weighted by atomic mass is 10.3. The Hall–Kier alpha value is -2.88. The fourth-order valence-corrected chi connectivity index (χ4v) is 2.39. The fourth-order valence-electron chi connectivity index (χ4n) is 2.21. The molecule has 11 heteroatoms. The molecule has 1 N–H and O–H groups in total. The summed E-state index contributed by atoms with van der Waals surface area (Å²) in [6.07, 6.45) is -3.60. The molecule has 0 bridgehead atoms. The molecule has 0 fully saturated rings. The molecule has 0 unspecified atom stereocenters. The molecule has 0 saturated carbocycles. The molecule has 0 aliphatic carbocycles. The summed E-state index contributed by atoms with van der Waals surface area (Å²) in [5, 5.41) is 17.8. The van der Waals surface area contributed by atoms with Crippen molar-refractivity contribution in [3.8, 4) is 5.69 Å². The molecule has 136 valence electrons. The zero-order valence-electron chi connectivity index (χ0n) is 13.1. The van der Waals surface area contributed by atoms with Crippen LogP contribution < -0.4 is 10.4 Å². The predicted molar refractivity (Wildman–Crippen MR) is 84.8 cm³/mol. The number of rotatable bonds is 4. The molecule has 0 spiro atoms. The largest absolute Gasteiger partial charge is 0.548 e. The molecule has 0 aliphatic heterocycles. The number of hydrogen-bond acceptors (Lipinski definition) is 6. The smallest absolute Gasteiger partial charge is 0.451 e. The van der Waals surface area contributed by atoms with Crippen LogP contribution in [0.5, 0.6) is 0 Å². The van der Waals surface area contributed by atoms with Crippen LogP contribution in [-0.2, 0) is 11.0 Å². The second-order valence-electron chi connectivity index (χ2n) is 5.35. The molecular weight excluding hydrogens is 375 g/mol. The van der Waals surface area contributed by atoms with Gasteiger partial charge in [0.25, 0.3) is 0 Å². The van der Waals surface area contributed by atoms with Crippen LogP contribution in [0, 0.1) is 0 Å². The van der Waals surface area contributed by atoms with Crippen molar-refractivity contribution in [3.63, 3.8) is 0 Å². The molecular formula is C15H10ClF3N5O2-. The van der Waals surface area contributed by atoms with Crippen molar-refractivity contribution in [2.24, 2.45) is 0 Å². The van der Waals surface area contributed by atoms with Gasteiger partial charge in [0, 0.05) is 5.02 Å². The summed E-state index contributed by atoms with van der Waals surface area (Å²) in [5.74, 6) is -3.23. The molecule has 1 atom stereocenters. The molecule has 26 heavy (non-hydrogen) atoms. The van der Waals surface area contributed by atoms with Gasteiger partial charge >= 0.3 is 6.18 Å². The Morgan fingerprint density at radius 3 is 2.69 bits per heavy atom. The highest BCUT2D eigenvalue weighted by Crippen LogP contribution is 2.31. The Balaban J connectivity index is 2.23. The number of carbonyl (C=O) groups excluding carboxylic acids is 1. The highest BCUT2D eigenvalue weighted by molar-refractivity contribution is 6.30. The van der Waals surface area contributed by atoms with Crippen molar-refractivity contribution in [2.45, 2.75) is 19.1 Å². The summed E-state index contributed by atoms with van der Waals surface area (Å²) in [4.78, 5) is 17.9. The number of aromatic nitrogens is 4. The third-order valence-electron chi connectivity index (χ3n) is 3.44. The number of nitrogens with zero attached hydrogens (tertiary/aromatic N) is 4. The maximum atomic E-state index is 13.2. The third kappa shape index (κ3) is 3.40. The second-order valence-corrected chi connectivity index (χ2v) is 5.79. The molecule has 0 saturated heterocycles. The number of fused-ring (bicyclic) bond motifs is 1. The van der Waals surface area contributed by atoms with Crippen LogP contribution in [-0.4, -0.2) is 31.8 Å². The zero-order chi connectivity index (χ0) is 19.1. The first-order valence-corrected chi connectivity index (χ1v) is 7.61. The standard InChI is InChI=1S/C15H11ClF3N5O2/c1-7(13(25)26)21-11-10-6-20-24(9-4-2-3-8(16)5-9)12(10)23-14(22-11)15(17,18)19/h2-7H,1H3,(H,25,26)(H,21,22,23)/p-1/t7-/m1/s1. The molecule has 1 aromatic carbocycles. The Morgan fingerprint density at radius 1 is 1.35 bits per heavy atom. The molecule has 2 heterocycles. The number of aliphatic carboxylic acids is 1. The number of carboxylic acid groups (broad SMARTS) is 1. The summed E-state index contributed by atoms with van der Waals surface area (Å²) in [5.41, 5.74) is 0.237. The van der Waals surface area contributed by atoms with Gasteiger partial charge < -0.3 is 15.2 Å². The summed E-state index contributed by atoms with van der Waals surface area (Å²) >= 11 is 5.91. The van der Waals surface area contributed by atoms with E-state index in [-0.39, 0.29) is 16.9 Å². The van der Waals surface area contributed by atoms with Gasteiger partial charge in [-0.1, -0.05) is 17.7 Å². The van der Waals surface area contributed by atoms with Crippen molar-refractivity contribution < 1.29 is 23.1 Å². The van der Waals surface area contributed by atoms with Crippen molar-refractivity contribution in [1.82, 2.24) is 19.7 Å². The lowest BCUT2D eigenvalue weighted by Gasteiger charge is -2.17. The molecule has 2 aromatic heterocycles. The monoisotopic (exact) mass is 384 g/mol. The number of carbonyl (C=O) groups is 1. The summed E-state index contributed by atoms with van der Waals surface area (Å²) in [6, 6.07) is 5.02. The molecule has 7 nitrogen and oxygen atoms in total. The van der Waals surface area contributed by atoms with E-state index in [0.29, 0.717) is 10.7 Å². The van der Waals surface area contributed by atoms with E-state index in [4.69, 9.17) is 11.6 Å². The SMILES string of the molecule is C[C@@H](Nc1nc(C(F)(F)F)nc2c1cnn2-c1cccc(Cl)c1)C(=O)[O-]. The normalized spacial score (nSPS) is 13.0. The summed E-state index contributed by atoms with van der Waals surface area (Å²) in [7, 11) is 0. The van der Waals surface area contributed by atoms with Crippen molar-refractivity contribution in [1.29, 1.82) is 0 Å². The van der Waals surface area contributed by atoms with E-state index in [9.17, 15) is 23.1 Å². The Labute approximate surface area is 149 Å². The minimum absolute atomic E-state index is 0.117. The summed E-state index contributed by atoms with van der Waals surface area (Å²) < 4.78 is 40.7. The summed E-state index contributed by atoms with van der Waals surface area (Å²) in [6.45, 7) is 1.22. The number of benzene rings is 1. The van der Waals surface area contributed by atoms with E-state index >= 15 is 0 Å². The van der Waals surface area contributed by atoms with Gasteiger partial charge in [-0.15, -0.1) is 0 Å². The van der Waals surface area contributed by atoms with Crippen LogP contribution in [0.4, 0.5) is 19.0 Å². The molecule has 0 amide bonds. The highest BCUT2D eigenvalue weighted by atomic mass is 35.5. The maximum absolute atomic E-state index is 13.2. The number of nitrogens with one attached hydrogen (secondary N) is 1. The van der Waals surface area contributed by atoms with E-state index in [0.717, 1.165) is 4.68 Å². The number of alkyl halides is 3. The lowest BCUT2D eigenvalue weighted by molar-refractivity contribution is -0.306. The van der Waals surface area contributed by atoms with Crippen LogP contribution in [0.1, 0.15) is 12.7 Å². The van der Waals surface area contributed by atoms with Gasteiger partial charge in [-0.25, -0.2) is 14.6 Å². The first-order chi connectivity index (χ1) is 12.2. The van der Waals surface area contributed by atoms with Gasteiger partial charge in [-0.3, -0.25) is 0 Å². The minimum atomic E-state index is -4.83. The van der Waals surface area contributed by atoms with E-state index in [1.807, 2.05) is 0 Å². The van der Waals surface area contributed by atoms with E-state index in [1.54, 1.807) is 18.2 Å². The van der Waals surface area contributed by atoms with E-state index in [1.165, 1.54) is 19.2 Å². The van der Waals surface area contributed by atoms with E-state index in [2.05, 4.69) is 20.4 Å². The van der Waals surface area contributed by atoms with Gasteiger partial charge in [0.05, 0.1) is 29.3 Å². The van der Waals surface area contributed by atoms with Crippen molar-refractivity contribution in [3.05, 3.63) is 41.3 Å². The average molecular weight is 385 g/mol. The van der Waals surface area contributed by atoms with Gasteiger partial charge in [0.15, 0.2) is 5.65 Å². The maximum Gasteiger partial charge on any atom is 0.451 e. The lowest BCUT2D eigenvalue weighted by Crippen LogP contribution is -2.39. The number of halogens is 4. The van der Waals surface area contributed by atoms with Crippen LogP contribution in [0.15, 0.2) is 30.5 Å². The molecule has 3 aromatic rings. The Morgan fingerprint density at radius 2 is 2.08 bits per heavy atom. The third-order valence-corrected chi connectivity index (χ3v) is 3.68. The molecule has 0 radical (unpaired) electrons. The van der Waals surface area contributed by atoms with Gasteiger partial charge in [-0.05, 0) is 25.1 Å². The van der Waals surface area contributed by atoms with Crippen molar-refractivity contribution >= 4 is 34.4 Å². The van der Waals surface area contributed by atoms with Crippen LogP contribution in [0.2, 0.25) is 5.02 Å². The van der Waals surface area contributed by atoms with Crippen molar-refractivity contribution in [2.75, 3.05) is 5.32 Å². The Kier molecular flexibility index (Phi) is 4.45. The second kappa shape index (κ2) is 6.45. The Bertz CT molecular complexity index is 989. The fraction of sp³-hybridized carbons (Fsp3) is 0.200. The van der Waals surface area contributed by atoms with Gasteiger partial charge in [0.2, 0.25) is 5.82 Å². The molecule has 0 aliphatic rings. The zero-order valence-corrected chi connectivity index (χ0v) is 13.8. The van der Waals surface area contributed by atoms with Gasteiger partial charge in [0.1, 0.15) is 5.82 Å². The first-order valence-electron chi connectivity index (χ1n) is 7.23. The van der Waals surface area contributed by atoms with Gasteiger partial charge in [-0.2, -0.15) is 18.3 Å². The number of hydrogen-bond donors (Lipinski definition) is 1. The first kappa shape index (κ1) is 17.9. The quantitative estimate of drug-likeness (QED) is 0.739. The number of anilines is 1. The predicted octanol–water partition coefficient (Wildman–Crippen LogP) is 2.04. The van der Waals surface area contributed by atoms with Crippen LogP contribution in [0.3, 0.4) is 0 Å². The van der Waals surface area contributed by atoms with Crippen LogP contribution in [0.25, 0.3) is 16.7 Å². The molecule has 3 rings (SSSR count). The number of carboxylic acids is 1. The average Bonchev–Trinajstić information content (AvgIpc) is 2.98. The topological polar surface area (TPSA) is 95.8 Å². The van der Waals surface area contributed by atoms with E-state index < -0.39 is 24.0 Å². The highest BCUT2D eigenvalue weighted by Gasteiger charge is 2.36. The minimum Gasteiger partial charge on any atom is -0.548 e. The van der Waals surface area contributed by atoms with Crippen LogP contribution >= 0.6 is 11.6 Å².